The molecular weight excluding hydrogens is 318 g/mol. The first-order chi connectivity index (χ1) is 6.96. The van der Waals surface area contributed by atoms with Crippen molar-refractivity contribution in [2.75, 3.05) is 0 Å². The third kappa shape index (κ3) is 2.96. The van der Waals surface area contributed by atoms with E-state index < -0.39 is 11.7 Å². The maximum atomic E-state index is 12.6. The summed E-state index contributed by atoms with van der Waals surface area (Å²) in [4.78, 5) is 0. The molecular formula is C10H5F3IN. The van der Waals surface area contributed by atoms with E-state index in [0.29, 0.717) is 0 Å². The fourth-order valence-corrected chi connectivity index (χ4v) is 1.69. The first-order valence-corrected chi connectivity index (χ1v) is 4.97. The third-order valence-electron chi connectivity index (χ3n) is 1.66. The smallest absolute Gasteiger partial charge is 0.192 e. The SMILES string of the molecule is N#C/C(I)=C(\c1ccccc1)C(F)(F)F. The number of alkyl halides is 3. The number of benzene rings is 1. The highest BCUT2D eigenvalue weighted by Crippen LogP contribution is 2.37. The highest BCUT2D eigenvalue weighted by Gasteiger charge is 2.37. The van der Waals surface area contributed by atoms with Crippen molar-refractivity contribution in [3.8, 4) is 6.07 Å². The maximum absolute atomic E-state index is 12.6. The van der Waals surface area contributed by atoms with Crippen molar-refractivity contribution in [1.82, 2.24) is 0 Å². The molecule has 0 aliphatic rings. The molecule has 0 saturated heterocycles. The number of hydrogen-bond donors (Lipinski definition) is 0. The molecule has 1 nitrogen and oxygen atoms in total. The Bertz CT molecular complexity index is 415. The van der Waals surface area contributed by atoms with Crippen LogP contribution >= 0.6 is 22.6 Å². The quantitative estimate of drug-likeness (QED) is 0.568. The molecule has 0 N–H and O–H groups in total. The van der Waals surface area contributed by atoms with E-state index in [9.17, 15) is 13.2 Å². The van der Waals surface area contributed by atoms with Gasteiger partial charge in [-0.15, -0.1) is 0 Å². The molecule has 0 unspecified atom stereocenters. The van der Waals surface area contributed by atoms with Crippen molar-refractivity contribution in [1.29, 1.82) is 5.26 Å². The molecule has 1 aromatic rings. The van der Waals surface area contributed by atoms with Gasteiger partial charge in [-0.25, -0.2) is 0 Å². The van der Waals surface area contributed by atoms with Gasteiger partial charge in [0.2, 0.25) is 0 Å². The average Bonchev–Trinajstić information content (AvgIpc) is 2.17. The molecule has 0 aliphatic carbocycles. The first kappa shape index (κ1) is 12.0. The lowest BCUT2D eigenvalue weighted by Gasteiger charge is -2.11. The van der Waals surface area contributed by atoms with Crippen LogP contribution in [0.4, 0.5) is 13.2 Å². The second-order valence-electron chi connectivity index (χ2n) is 2.66. The fraction of sp³-hybridized carbons (Fsp3) is 0.100. The molecule has 1 aromatic carbocycles. The van der Waals surface area contributed by atoms with Gasteiger partial charge in [0, 0.05) is 0 Å². The summed E-state index contributed by atoms with van der Waals surface area (Å²) >= 11 is 1.39. The van der Waals surface area contributed by atoms with Gasteiger partial charge in [0.15, 0.2) is 0 Å². The molecule has 0 spiro atoms. The lowest BCUT2D eigenvalue weighted by atomic mass is 10.1. The molecule has 0 aliphatic heterocycles. The predicted octanol–water partition coefficient (Wildman–Crippen LogP) is 3.92. The summed E-state index contributed by atoms with van der Waals surface area (Å²) < 4.78 is 37.5. The van der Waals surface area contributed by atoms with Crippen LogP contribution < -0.4 is 0 Å². The molecule has 0 fully saturated rings. The summed E-state index contributed by atoms with van der Waals surface area (Å²) in [5.41, 5.74) is -0.873. The van der Waals surface area contributed by atoms with E-state index in [4.69, 9.17) is 5.26 Å². The first-order valence-electron chi connectivity index (χ1n) is 3.89. The van der Waals surface area contributed by atoms with E-state index in [1.807, 2.05) is 0 Å². The highest BCUT2D eigenvalue weighted by atomic mass is 127. The van der Waals surface area contributed by atoms with Gasteiger partial charge in [-0.3, -0.25) is 0 Å². The molecule has 0 radical (unpaired) electrons. The number of rotatable bonds is 1. The lowest BCUT2D eigenvalue weighted by molar-refractivity contribution is -0.0689. The summed E-state index contributed by atoms with van der Waals surface area (Å²) in [7, 11) is 0. The van der Waals surface area contributed by atoms with Crippen LogP contribution in [0.25, 0.3) is 5.57 Å². The summed E-state index contributed by atoms with van der Waals surface area (Å²) in [6, 6.07) is 8.81. The Morgan fingerprint density at radius 2 is 1.73 bits per heavy atom. The van der Waals surface area contributed by atoms with Crippen LogP contribution in [0, 0.1) is 11.3 Å². The summed E-state index contributed by atoms with van der Waals surface area (Å²) in [6.45, 7) is 0. The normalized spacial score (nSPS) is 13.0. The van der Waals surface area contributed by atoms with Gasteiger partial charge >= 0.3 is 6.18 Å². The van der Waals surface area contributed by atoms with Gasteiger partial charge < -0.3 is 0 Å². The van der Waals surface area contributed by atoms with Crippen LogP contribution in [0.5, 0.6) is 0 Å². The van der Waals surface area contributed by atoms with Crippen LogP contribution in [0.2, 0.25) is 0 Å². The predicted molar refractivity (Wildman–Crippen MR) is 59.1 cm³/mol. The van der Waals surface area contributed by atoms with Crippen molar-refractivity contribution in [2.45, 2.75) is 6.18 Å². The zero-order valence-electron chi connectivity index (χ0n) is 7.35. The second-order valence-corrected chi connectivity index (χ2v) is 3.74. The van der Waals surface area contributed by atoms with Gasteiger partial charge in [0.25, 0.3) is 0 Å². The Hall–Kier alpha value is -1.03. The Labute approximate surface area is 98.4 Å². The second kappa shape index (κ2) is 4.66. The van der Waals surface area contributed by atoms with Crippen LogP contribution in [0.1, 0.15) is 5.56 Å². The standard InChI is InChI=1S/C10H5F3IN/c11-10(12,13)9(8(14)6-15)7-4-2-1-3-5-7/h1-5H/b9-8-. The Morgan fingerprint density at radius 3 is 2.13 bits per heavy atom. The van der Waals surface area contributed by atoms with Crippen LogP contribution in [0.15, 0.2) is 33.9 Å². The fourth-order valence-electron chi connectivity index (χ4n) is 1.08. The number of nitrogens with zero attached hydrogens (tertiary/aromatic N) is 1. The summed E-state index contributed by atoms with van der Waals surface area (Å²) in [5.74, 6) is 0. The van der Waals surface area contributed by atoms with Gasteiger partial charge in [-0.05, 0) is 28.2 Å². The van der Waals surface area contributed by atoms with Crippen molar-refractivity contribution in [3.63, 3.8) is 0 Å². The van der Waals surface area contributed by atoms with E-state index in [2.05, 4.69) is 0 Å². The maximum Gasteiger partial charge on any atom is 0.418 e. The molecule has 15 heavy (non-hydrogen) atoms. The van der Waals surface area contributed by atoms with E-state index in [1.165, 1.54) is 52.9 Å². The van der Waals surface area contributed by atoms with Crippen LogP contribution in [-0.2, 0) is 0 Å². The summed E-state index contributed by atoms with van der Waals surface area (Å²) in [5, 5.41) is 8.51. The molecule has 0 saturated carbocycles. The van der Waals surface area contributed by atoms with Crippen LogP contribution in [0.3, 0.4) is 0 Å². The number of allylic oxidation sites excluding steroid dienone is 2. The lowest BCUT2D eigenvalue weighted by Crippen LogP contribution is -2.11. The molecule has 0 aromatic heterocycles. The van der Waals surface area contributed by atoms with Crippen molar-refractivity contribution >= 4 is 28.2 Å². The third-order valence-corrected chi connectivity index (χ3v) is 2.44. The number of nitriles is 1. The summed E-state index contributed by atoms with van der Waals surface area (Å²) in [6.07, 6.45) is -4.51. The molecule has 5 heteroatoms. The minimum absolute atomic E-state index is 0.0101. The number of hydrogen-bond acceptors (Lipinski definition) is 1. The van der Waals surface area contributed by atoms with Crippen molar-refractivity contribution in [3.05, 3.63) is 39.5 Å². The van der Waals surface area contributed by atoms with E-state index in [-0.39, 0.29) is 9.14 Å². The average molecular weight is 323 g/mol. The largest absolute Gasteiger partial charge is 0.418 e. The monoisotopic (exact) mass is 323 g/mol. The number of halogens is 4. The molecule has 0 heterocycles. The molecule has 0 atom stereocenters. The van der Waals surface area contributed by atoms with Gasteiger partial charge in [0.05, 0.1) is 5.57 Å². The van der Waals surface area contributed by atoms with Crippen molar-refractivity contribution in [2.24, 2.45) is 0 Å². The van der Waals surface area contributed by atoms with Gasteiger partial charge in [-0.1, -0.05) is 30.3 Å². The minimum atomic E-state index is -4.51. The molecule has 0 amide bonds. The minimum Gasteiger partial charge on any atom is -0.192 e. The Morgan fingerprint density at radius 1 is 1.20 bits per heavy atom. The molecule has 78 valence electrons. The van der Waals surface area contributed by atoms with E-state index in [1.54, 1.807) is 6.07 Å². The molecule has 0 bridgehead atoms. The van der Waals surface area contributed by atoms with Gasteiger partial charge in [-0.2, -0.15) is 18.4 Å². The highest BCUT2D eigenvalue weighted by molar-refractivity contribution is 14.1. The van der Waals surface area contributed by atoms with Crippen LogP contribution in [-0.4, -0.2) is 6.18 Å². The van der Waals surface area contributed by atoms with E-state index >= 15 is 0 Å². The zero-order chi connectivity index (χ0) is 11.5. The van der Waals surface area contributed by atoms with E-state index in [0.717, 1.165) is 0 Å². The van der Waals surface area contributed by atoms with Crippen molar-refractivity contribution < 1.29 is 13.2 Å². The molecule has 1 rings (SSSR count). The topological polar surface area (TPSA) is 23.8 Å². The Kier molecular flexibility index (Phi) is 3.74. The zero-order valence-corrected chi connectivity index (χ0v) is 9.50. The Balaban J connectivity index is 3.35. The van der Waals surface area contributed by atoms with Gasteiger partial charge in [0.1, 0.15) is 9.65 Å².